The van der Waals surface area contributed by atoms with Gasteiger partial charge in [-0.2, -0.15) is 0 Å². The highest BCUT2D eigenvalue weighted by Gasteiger charge is 2.05. The summed E-state index contributed by atoms with van der Waals surface area (Å²) in [5, 5.41) is 0. The largest absolute Gasteiger partial charge is 0.492 e. The van der Waals surface area contributed by atoms with Crippen LogP contribution in [-0.4, -0.2) is 42.1 Å². The van der Waals surface area contributed by atoms with Crippen LogP contribution >= 0.6 is 0 Å². The monoisotopic (exact) mass is 295 g/mol. The van der Waals surface area contributed by atoms with Gasteiger partial charge in [-0.15, -0.1) is 0 Å². The number of fused-ring (bicyclic) bond motifs is 1. The molecule has 0 atom stereocenters. The number of aryl methyl sites for hydroxylation is 1. The molecule has 0 fully saturated rings. The van der Waals surface area contributed by atoms with E-state index >= 15 is 0 Å². The first-order valence-electron chi connectivity index (χ1n) is 7.46. The predicted molar refractivity (Wildman–Crippen MR) is 90.3 cm³/mol. The topological polar surface area (TPSA) is 41.1 Å². The molecule has 22 heavy (non-hydrogen) atoms. The zero-order chi connectivity index (χ0) is 15.5. The van der Waals surface area contributed by atoms with Crippen LogP contribution in [0.4, 0.5) is 0 Å². The van der Waals surface area contributed by atoms with E-state index in [-0.39, 0.29) is 0 Å². The molecule has 0 aliphatic rings. The summed E-state index contributed by atoms with van der Waals surface area (Å²) in [5.41, 5.74) is 4.36. The zero-order valence-corrected chi connectivity index (χ0v) is 13.3. The lowest BCUT2D eigenvalue weighted by Gasteiger charge is -2.11. The summed E-state index contributed by atoms with van der Waals surface area (Å²) >= 11 is 0. The first kappa shape index (κ1) is 14.6. The fraction of sp³-hybridized carbons (Fsp3) is 0.278. The van der Waals surface area contributed by atoms with Crippen molar-refractivity contribution in [3.8, 4) is 17.1 Å². The van der Waals surface area contributed by atoms with Crippen molar-refractivity contribution >= 4 is 11.0 Å². The Hall–Kier alpha value is -2.33. The molecule has 0 unspecified atom stereocenters. The van der Waals surface area contributed by atoms with E-state index < -0.39 is 0 Å². The van der Waals surface area contributed by atoms with Gasteiger partial charge in [0.05, 0.1) is 11.0 Å². The van der Waals surface area contributed by atoms with Gasteiger partial charge in [0.2, 0.25) is 0 Å². The summed E-state index contributed by atoms with van der Waals surface area (Å²) in [6.07, 6.45) is 0. The molecule has 0 spiro atoms. The van der Waals surface area contributed by atoms with Gasteiger partial charge in [-0.25, -0.2) is 4.98 Å². The molecule has 4 heteroatoms. The Morgan fingerprint density at radius 2 is 1.86 bits per heavy atom. The Labute approximate surface area is 130 Å². The maximum absolute atomic E-state index is 5.71. The normalized spacial score (nSPS) is 11.3. The number of aromatic nitrogens is 2. The number of H-pyrrole nitrogens is 1. The molecule has 4 nitrogen and oxygen atoms in total. The highest BCUT2D eigenvalue weighted by molar-refractivity contribution is 5.80. The van der Waals surface area contributed by atoms with Crippen molar-refractivity contribution in [1.82, 2.24) is 14.9 Å². The Morgan fingerprint density at radius 1 is 1.09 bits per heavy atom. The second-order valence-electron chi connectivity index (χ2n) is 5.78. The van der Waals surface area contributed by atoms with Gasteiger partial charge in [-0.1, -0.05) is 6.07 Å². The molecule has 0 bridgehead atoms. The van der Waals surface area contributed by atoms with Crippen molar-refractivity contribution < 1.29 is 4.74 Å². The first-order chi connectivity index (χ1) is 10.6. The van der Waals surface area contributed by atoms with E-state index in [0.717, 1.165) is 34.7 Å². The van der Waals surface area contributed by atoms with Gasteiger partial charge < -0.3 is 14.6 Å². The third kappa shape index (κ3) is 3.28. The average Bonchev–Trinajstić information content (AvgIpc) is 2.90. The van der Waals surface area contributed by atoms with Crippen molar-refractivity contribution in [3.63, 3.8) is 0 Å². The Morgan fingerprint density at radius 3 is 2.59 bits per heavy atom. The highest BCUT2D eigenvalue weighted by Crippen LogP contribution is 2.23. The number of ether oxygens (including phenoxy) is 1. The smallest absolute Gasteiger partial charge is 0.138 e. The van der Waals surface area contributed by atoms with Gasteiger partial charge in [-0.05, 0) is 63.0 Å². The quantitative estimate of drug-likeness (QED) is 0.783. The lowest BCUT2D eigenvalue weighted by molar-refractivity contribution is 0.261. The van der Waals surface area contributed by atoms with Crippen molar-refractivity contribution in [2.24, 2.45) is 0 Å². The first-order valence-corrected chi connectivity index (χ1v) is 7.46. The minimum absolute atomic E-state index is 0.691. The van der Waals surface area contributed by atoms with Gasteiger partial charge in [0, 0.05) is 12.1 Å². The van der Waals surface area contributed by atoms with E-state index in [0.29, 0.717) is 6.61 Å². The summed E-state index contributed by atoms with van der Waals surface area (Å²) in [6, 6.07) is 14.3. The molecule has 2 aromatic carbocycles. The van der Waals surface area contributed by atoms with E-state index in [1.54, 1.807) is 0 Å². The minimum atomic E-state index is 0.691. The van der Waals surface area contributed by atoms with Crippen molar-refractivity contribution in [1.29, 1.82) is 0 Å². The van der Waals surface area contributed by atoms with Crippen molar-refractivity contribution in [2.75, 3.05) is 27.2 Å². The van der Waals surface area contributed by atoms with Gasteiger partial charge in [0.1, 0.15) is 18.2 Å². The molecule has 0 saturated carbocycles. The van der Waals surface area contributed by atoms with Crippen LogP contribution in [0.25, 0.3) is 22.4 Å². The van der Waals surface area contributed by atoms with Crippen molar-refractivity contribution in [2.45, 2.75) is 6.92 Å². The van der Waals surface area contributed by atoms with E-state index in [1.165, 1.54) is 5.56 Å². The van der Waals surface area contributed by atoms with E-state index in [2.05, 4.69) is 33.9 Å². The van der Waals surface area contributed by atoms with Crippen LogP contribution in [0.1, 0.15) is 5.56 Å². The van der Waals surface area contributed by atoms with Crippen LogP contribution in [0.3, 0.4) is 0 Å². The molecule has 3 rings (SSSR count). The number of hydrogen-bond donors (Lipinski definition) is 1. The fourth-order valence-corrected chi connectivity index (χ4v) is 2.32. The Bertz CT molecular complexity index is 760. The number of imidazole rings is 1. The number of rotatable bonds is 5. The number of nitrogens with zero attached hydrogens (tertiary/aromatic N) is 2. The molecule has 0 radical (unpaired) electrons. The van der Waals surface area contributed by atoms with Gasteiger partial charge in [-0.3, -0.25) is 0 Å². The molecule has 0 amide bonds. The van der Waals surface area contributed by atoms with Gasteiger partial charge in [0.15, 0.2) is 0 Å². The third-order valence-electron chi connectivity index (χ3n) is 3.57. The lowest BCUT2D eigenvalue weighted by Crippen LogP contribution is -2.19. The predicted octanol–water partition coefficient (Wildman–Crippen LogP) is 3.48. The lowest BCUT2D eigenvalue weighted by atomic mass is 10.2. The zero-order valence-electron chi connectivity index (χ0n) is 13.3. The molecule has 1 aromatic heterocycles. The molecule has 0 saturated heterocycles. The number of nitrogens with one attached hydrogen (secondary N) is 1. The van der Waals surface area contributed by atoms with Gasteiger partial charge >= 0.3 is 0 Å². The molecular formula is C18H21N3O. The van der Waals surface area contributed by atoms with Crippen LogP contribution in [0.15, 0.2) is 42.5 Å². The molecule has 0 aliphatic carbocycles. The van der Waals surface area contributed by atoms with Crippen molar-refractivity contribution in [3.05, 3.63) is 48.0 Å². The molecular weight excluding hydrogens is 274 g/mol. The van der Waals surface area contributed by atoms with E-state index in [9.17, 15) is 0 Å². The molecule has 0 aliphatic heterocycles. The number of benzene rings is 2. The van der Waals surface area contributed by atoms with Crippen LogP contribution in [0.5, 0.6) is 5.75 Å². The summed E-state index contributed by atoms with van der Waals surface area (Å²) in [5.74, 6) is 1.78. The highest BCUT2D eigenvalue weighted by atomic mass is 16.5. The Kier molecular flexibility index (Phi) is 4.11. The van der Waals surface area contributed by atoms with Crippen LogP contribution in [0.2, 0.25) is 0 Å². The molecule has 3 aromatic rings. The SMILES string of the molecule is Cc1ccc2nc(-c3ccc(OCCN(C)C)cc3)[nH]c2c1. The summed E-state index contributed by atoms with van der Waals surface area (Å²) in [4.78, 5) is 10.1. The third-order valence-corrected chi connectivity index (χ3v) is 3.57. The Balaban J connectivity index is 1.76. The summed E-state index contributed by atoms with van der Waals surface area (Å²) < 4.78 is 5.71. The number of aromatic amines is 1. The molecule has 114 valence electrons. The van der Waals surface area contributed by atoms with E-state index in [4.69, 9.17) is 4.74 Å². The average molecular weight is 295 g/mol. The maximum atomic E-state index is 5.71. The van der Waals surface area contributed by atoms with Crippen LogP contribution in [0, 0.1) is 6.92 Å². The minimum Gasteiger partial charge on any atom is -0.492 e. The summed E-state index contributed by atoms with van der Waals surface area (Å²) in [7, 11) is 4.07. The second kappa shape index (κ2) is 6.20. The van der Waals surface area contributed by atoms with Crippen LogP contribution in [-0.2, 0) is 0 Å². The second-order valence-corrected chi connectivity index (χ2v) is 5.78. The molecule has 1 N–H and O–H groups in total. The number of likely N-dealkylation sites (N-methyl/N-ethyl adjacent to an activating group) is 1. The van der Waals surface area contributed by atoms with Gasteiger partial charge in [0.25, 0.3) is 0 Å². The molecule has 1 heterocycles. The summed E-state index contributed by atoms with van der Waals surface area (Å²) in [6.45, 7) is 3.68. The van der Waals surface area contributed by atoms with Crippen LogP contribution < -0.4 is 4.74 Å². The number of hydrogen-bond acceptors (Lipinski definition) is 3. The maximum Gasteiger partial charge on any atom is 0.138 e. The standard InChI is InChI=1S/C18H21N3O/c1-13-4-9-16-17(12-13)20-18(19-16)14-5-7-15(8-6-14)22-11-10-21(2)3/h4-9,12H,10-11H2,1-3H3,(H,19,20). The fourth-order valence-electron chi connectivity index (χ4n) is 2.32. The van der Waals surface area contributed by atoms with E-state index in [1.807, 2.05) is 44.4 Å².